The summed E-state index contributed by atoms with van der Waals surface area (Å²) in [4.78, 5) is 14.1. The molecule has 1 unspecified atom stereocenters. The molecule has 0 aliphatic heterocycles. The van der Waals surface area contributed by atoms with Crippen LogP contribution in [-0.4, -0.2) is 30.0 Å². The van der Waals surface area contributed by atoms with E-state index in [1.165, 1.54) is 270 Å². The maximum absolute atomic E-state index is 11.9. The Morgan fingerprint density at radius 2 is 0.482 bits per heavy atom. The predicted octanol–water partition coefficient (Wildman–Crippen LogP) is 14.0. The van der Waals surface area contributed by atoms with Gasteiger partial charge in [-0.25, -0.2) is 0 Å². The van der Waals surface area contributed by atoms with Crippen LogP contribution in [0.3, 0.4) is 0 Å². The molecule has 0 saturated carbocycles. The number of aliphatic carboxylic acids is 1. The zero-order valence-corrected chi connectivity index (χ0v) is 42.7. The van der Waals surface area contributed by atoms with Gasteiger partial charge in [-0.05, 0) is 32.4 Å². The van der Waals surface area contributed by atoms with E-state index in [4.69, 9.17) is 0 Å². The largest absolute Gasteiger partial charge is 1.00 e. The molecule has 0 fully saturated rings. The van der Waals surface area contributed by atoms with Crippen molar-refractivity contribution in [3.63, 3.8) is 0 Å². The van der Waals surface area contributed by atoms with Crippen LogP contribution in [0.2, 0.25) is 0 Å². The second-order valence-corrected chi connectivity index (χ2v) is 18.1. The third-order valence-corrected chi connectivity index (χ3v) is 12.7. The first-order valence-electron chi connectivity index (χ1n) is 26.1. The summed E-state index contributed by atoms with van der Waals surface area (Å²) in [5.41, 5.74) is 0. The first-order chi connectivity index (χ1) is 27.2. The van der Waals surface area contributed by atoms with Gasteiger partial charge in [-0.2, -0.15) is 0 Å². The minimum absolute atomic E-state index is 0. The fourth-order valence-electron chi connectivity index (χ4n) is 8.84. The monoisotopic (exact) mass is 814 g/mol. The van der Waals surface area contributed by atoms with Crippen LogP contribution < -0.4 is 56.5 Å². The third kappa shape index (κ3) is 46.1. The SMILES string of the molecule is CCCCCCCCCCCCCCCCCCCCCCCCN(CCCCCCCCCCCCCCCCCCCCCCCC)C(CC)C(=O)[O-].[K+]. The second kappa shape index (κ2) is 52.2. The third-order valence-electron chi connectivity index (χ3n) is 12.7. The van der Waals surface area contributed by atoms with Crippen molar-refractivity contribution in [2.45, 2.75) is 316 Å². The number of carboxylic acids is 1. The Morgan fingerprint density at radius 1 is 0.321 bits per heavy atom. The molecule has 0 bridgehead atoms. The first kappa shape index (κ1) is 59.2. The fraction of sp³-hybridized carbons (Fsp3) is 0.981. The molecule has 4 heteroatoms. The first-order valence-corrected chi connectivity index (χ1v) is 26.1. The zero-order chi connectivity index (χ0) is 40.0. The van der Waals surface area contributed by atoms with Crippen LogP contribution in [0.15, 0.2) is 0 Å². The smallest absolute Gasteiger partial charge is 0.548 e. The van der Waals surface area contributed by atoms with E-state index in [9.17, 15) is 9.90 Å². The van der Waals surface area contributed by atoms with Gasteiger partial charge in [0.1, 0.15) is 0 Å². The van der Waals surface area contributed by atoms with Crippen LogP contribution in [0, 0.1) is 0 Å². The Labute approximate surface area is 397 Å². The quantitative estimate of drug-likeness (QED) is 0.0454. The molecule has 0 aromatic carbocycles. The minimum Gasteiger partial charge on any atom is -0.548 e. The molecule has 0 rings (SSSR count). The number of hydrogen-bond donors (Lipinski definition) is 0. The van der Waals surface area contributed by atoms with Gasteiger partial charge in [-0.15, -0.1) is 0 Å². The van der Waals surface area contributed by atoms with E-state index in [0.29, 0.717) is 6.42 Å². The van der Waals surface area contributed by atoms with Gasteiger partial charge in [0.05, 0.1) is 5.97 Å². The molecule has 0 aliphatic carbocycles. The molecule has 1 atom stereocenters. The van der Waals surface area contributed by atoms with E-state index in [0.717, 1.165) is 25.9 Å². The summed E-state index contributed by atoms with van der Waals surface area (Å²) in [6, 6.07) is -0.412. The summed E-state index contributed by atoms with van der Waals surface area (Å²) in [6.45, 7) is 8.45. The molecule has 0 spiro atoms. The van der Waals surface area contributed by atoms with E-state index < -0.39 is 12.0 Å². The average molecular weight is 815 g/mol. The Morgan fingerprint density at radius 3 is 0.625 bits per heavy atom. The number of carbonyl (C=O) groups excluding carboxylic acids is 1. The number of nitrogens with zero attached hydrogens (tertiary/aromatic N) is 1. The van der Waals surface area contributed by atoms with Gasteiger partial charge in [-0.3, -0.25) is 4.90 Å². The van der Waals surface area contributed by atoms with Gasteiger partial charge in [0.15, 0.2) is 0 Å². The normalized spacial score (nSPS) is 12.1. The Kier molecular flexibility index (Phi) is 55.1. The molecule has 0 radical (unpaired) electrons. The van der Waals surface area contributed by atoms with Crippen molar-refractivity contribution in [1.82, 2.24) is 4.90 Å². The Hall–Kier alpha value is 1.07. The van der Waals surface area contributed by atoms with Gasteiger partial charge in [0.25, 0.3) is 0 Å². The van der Waals surface area contributed by atoms with Crippen LogP contribution in [0.5, 0.6) is 0 Å². The molecule has 0 saturated heterocycles. The van der Waals surface area contributed by atoms with Crippen molar-refractivity contribution >= 4 is 5.97 Å². The summed E-state index contributed by atoms with van der Waals surface area (Å²) < 4.78 is 0. The number of hydrogen-bond acceptors (Lipinski definition) is 3. The standard InChI is InChI=1S/C52H105NO2.K/c1-4-7-9-11-13-15-17-19-21-23-25-27-29-31-33-35-37-39-41-43-45-47-49-53(51(6-3)52(54)55)50-48-46-44-42-40-38-36-34-32-30-28-26-24-22-20-18-16-14-12-10-8-5-2;/h51H,4-50H2,1-3H3,(H,54,55);/q;+1/p-1. The molecule has 0 heterocycles. The van der Waals surface area contributed by atoms with Crippen LogP contribution in [-0.2, 0) is 4.79 Å². The Balaban J connectivity index is 0. The average Bonchev–Trinajstić information content (AvgIpc) is 3.18. The number of carboxylic acid groups (broad SMARTS) is 1. The molecule has 0 amide bonds. The van der Waals surface area contributed by atoms with E-state index in [-0.39, 0.29) is 51.4 Å². The molecule has 0 aromatic rings. The van der Waals surface area contributed by atoms with Crippen LogP contribution >= 0.6 is 0 Å². The molecule has 330 valence electrons. The number of unbranched alkanes of at least 4 members (excludes halogenated alkanes) is 42. The maximum atomic E-state index is 11.9. The van der Waals surface area contributed by atoms with Gasteiger partial charge in [-0.1, -0.05) is 290 Å². The van der Waals surface area contributed by atoms with Crippen molar-refractivity contribution in [2.24, 2.45) is 0 Å². The molecular weight excluding hydrogens is 710 g/mol. The van der Waals surface area contributed by atoms with Gasteiger partial charge in [0.2, 0.25) is 0 Å². The summed E-state index contributed by atoms with van der Waals surface area (Å²) >= 11 is 0. The molecule has 0 N–H and O–H groups in total. The van der Waals surface area contributed by atoms with Crippen molar-refractivity contribution in [1.29, 1.82) is 0 Å². The van der Waals surface area contributed by atoms with Gasteiger partial charge < -0.3 is 9.90 Å². The number of rotatable bonds is 49. The molecular formula is C52H104KNO2. The molecule has 0 aliphatic rings. The van der Waals surface area contributed by atoms with E-state index in [1.807, 2.05) is 6.92 Å². The summed E-state index contributed by atoms with van der Waals surface area (Å²) in [7, 11) is 0. The summed E-state index contributed by atoms with van der Waals surface area (Å²) in [5.74, 6) is -0.875. The molecule has 0 aromatic heterocycles. The summed E-state index contributed by atoms with van der Waals surface area (Å²) in [6.07, 6.45) is 62.4. The number of carbonyl (C=O) groups is 1. The zero-order valence-electron chi connectivity index (χ0n) is 39.6. The van der Waals surface area contributed by atoms with E-state index >= 15 is 0 Å². The molecule has 3 nitrogen and oxygen atoms in total. The fourth-order valence-corrected chi connectivity index (χ4v) is 8.84. The van der Waals surface area contributed by atoms with Crippen molar-refractivity contribution < 1.29 is 61.3 Å². The summed E-state index contributed by atoms with van der Waals surface area (Å²) in [5, 5.41) is 11.9. The van der Waals surface area contributed by atoms with Crippen molar-refractivity contribution in [3.8, 4) is 0 Å². The van der Waals surface area contributed by atoms with Crippen molar-refractivity contribution in [2.75, 3.05) is 13.1 Å². The maximum Gasteiger partial charge on any atom is 1.00 e. The minimum atomic E-state index is -0.875. The van der Waals surface area contributed by atoms with Crippen LogP contribution in [0.4, 0.5) is 0 Å². The topological polar surface area (TPSA) is 43.4 Å². The van der Waals surface area contributed by atoms with Gasteiger partial charge >= 0.3 is 51.4 Å². The van der Waals surface area contributed by atoms with E-state index in [2.05, 4.69) is 18.7 Å². The van der Waals surface area contributed by atoms with E-state index in [1.54, 1.807) is 0 Å². The van der Waals surface area contributed by atoms with Crippen LogP contribution in [0.25, 0.3) is 0 Å². The van der Waals surface area contributed by atoms with Crippen LogP contribution in [0.1, 0.15) is 310 Å². The predicted molar refractivity (Wildman–Crippen MR) is 245 cm³/mol. The Bertz CT molecular complexity index is 669. The molecule has 56 heavy (non-hydrogen) atoms. The second-order valence-electron chi connectivity index (χ2n) is 18.1. The van der Waals surface area contributed by atoms with Gasteiger partial charge in [0, 0.05) is 6.04 Å². The van der Waals surface area contributed by atoms with Crippen molar-refractivity contribution in [3.05, 3.63) is 0 Å².